The SMILES string of the molecule is O=C(N[C@H](c1cccs1)C1CCCC1)c1ccc2c(c1)OCCCO2. The topological polar surface area (TPSA) is 47.6 Å². The van der Waals surface area contributed by atoms with Crippen molar-refractivity contribution in [1.82, 2.24) is 5.32 Å². The first-order valence-electron chi connectivity index (χ1n) is 9.05. The zero-order valence-electron chi connectivity index (χ0n) is 14.2. The van der Waals surface area contributed by atoms with Gasteiger partial charge in [-0.3, -0.25) is 4.79 Å². The van der Waals surface area contributed by atoms with Crippen molar-refractivity contribution in [2.75, 3.05) is 13.2 Å². The maximum Gasteiger partial charge on any atom is 0.251 e. The van der Waals surface area contributed by atoms with Gasteiger partial charge in [0.2, 0.25) is 0 Å². The first kappa shape index (κ1) is 16.5. The quantitative estimate of drug-likeness (QED) is 0.872. The summed E-state index contributed by atoms with van der Waals surface area (Å²) in [6.45, 7) is 1.28. The van der Waals surface area contributed by atoms with Crippen LogP contribution in [0.15, 0.2) is 35.7 Å². The Kier molecular flexibility index (Phi) is 4.92. The average molecular weight is 357 g/mol. The number of carbonyl (C=O) groups excluding carboxylic acids is 1. The minimum absolute atomic E-state index is 0.0408. The molecule has 1 aromatic heterocycles. The van der Waals surface area contributed by atoms with Gasteiger partial charge in [0.05, 0.1) is 19.3 Å². The van der Waals surface area contributed by atoms with Crippen LogP contribution in [0.5, 0.6) is 11.5 Å². The Balaban J connectivity index is 1.54. The first-order chi connectivity index (χ1) is 12.3. The molecule has 1 aromatic carbocycles. The third kappa shape index (κ3) is 3.66. The lowest BCUT2D eigenvalue weighted by atomic mass is 9.96. The molecular formula is C20H23NO3S. The molecule has 1 aliphatic carbocycles. The highest BCUT2D eigenvalue weighted by Gasteiger charge is 2.29. The Bertz CT molecular complexity index is 723. The summed E-state index contributed by atoms with van der Waals surface area (Å²) in [5.41, 5.74) is 0.629. The lowest BCUT2D eigenvalue weighted by molar-refractivity contribution is 0.0922. The van der Waals surface area contributed by atoms with Crippen LogP contribution in [-0.4, -0.2) is 19.1 Å². The summed E-state index contributed by atoms with van der Waals surface area (Å²) >= 11 is 1.72. The highest BCUT2D eigenvalue weighted by atomic mass is 32.1. The minimum atomic E-state index is -0.0408. The molecule has 1 saturated carbocycles. The highest BCUT2D eigenvalue weighted by molar-refractivity contribution is 7.10. The van der Waals surface area contributed by atoms with Crippen LogP contribution in [-0.2, 0) is 0 Å². The molecule has 1 N–H and O–H groups in total. The van der Waals surface area contributed by atoms with Crippen molar-refractivity contribution in [3.8, 4) is 11.5 Å². The molecular weight excluding hydrogens is 334 g/mol. The summed E-state index contributed by atoms with van der Waals surface area (Å²) in [5, 5.41) is 5.36. The van der Waals surface area contributed by atoms with E-state index in [9.17, 15) is 4.79 Å². The van der Waals surface area contributed by atoms with Crippen LogP contribution in [0.2, 0.25) is 0 Å². The fourth-order valence-corrected chi connectivity index (χ4v) is 4.58. The molecule has 1 aliphatic heterocycles. The van der Waals surface area contributed by atoms with Gasteiger partial charge in [-0.25, -0.2) is 0 Å². The second-order valence-electron chi connectivity index (χ2n) is 6.72. The minimum Gasteiger partial charge on any atom is -0.490 e. The van der Waals surface area contributed by atoms with Crippen LogP contribution in [0.4, 0.5) is 0 Å². The lowest BCUT2D eigenvalue weighted by Crippen LogP contribution is -2.32. The maximum atomic E-state index is 12.9. The fraction of sp³-hybridized carbons (Fsp3) is 0.450. The van der Waals surface area contributed by atoms with Gasteiger partial charge in [-0.05, 0) is 48.4 Å². The molecule has 4 rings (SSSR count). The van der Waals surface area contributed by atoms with Gasteiger partial charge >= 0.3 is 0 Å². The summed E-state index contributed by atoms with van der Waals surface area (Å²) in [4.78, 5) is 14.1. The van der Waals surface area contributed by atoms with Gasteiger partial charge < -0.3 is 14.8 Å². The van der Waals surface area contributed by atoms with Crippen LogP contribution in [0.1, 0.15) is 53.4 Å². The van der Waals surface area contributed by atoms with Crippen molar-refractivity contribution in [2.45, 2.75) is 38.1 Å². The van der Waals surface area contributed by atoms with E-state index >= 15 is 0 Å². The van der Waals surface area contributed by atoms with Crippen LogP contribution in [0, 0.1) is 5.92 Å². The van der Waals surface area contributed by atoms with Gasteiger partial charge in [0.1, 0.15) is 0 Å². The van der Waals surface area contributed by atoms with E-state index in [0.29, 0.717) is 30.4 Å². The van der Waals surface area contributed by atoms with Gasteiger partial charge in [0, 0.05) is 16.9 Å². The van der Waals surface area contributed by atoms with E-state index in [1.165, 1.54) is 30.6 Å². The normalized spacial score (nSPS) is 18.6. The summed E-state index contributed by atoms with van der Waals surface area (Å²) in [5.74, 6) is 1.88. The number of thiophene rings is 1. The Hall–Kier alpha value is -2.01. The molecule has 0 unspecified atom stereocenters. The number of amides is 1. The van der Waals surface area contributed by atoms with E-state index in [0.717, 1.165) is 12.2 Å². The third-order valence-corrected chi connectivity index (χ3v) is 5.97. The van der Waals surface area contributed by atoms with Gasteiger partial charge in [-0.2, -0.15) is 0 Å². The van der Waals surface area contributed by atoms with Crippen molar-refractivity contribution >= 4 is 17.2 Å². The molecule has 5 heteroatoms. The molecule has 4 nitrogen and oxygen atoms in total. The number of hydrogen-bond donors (Lipinski definition) is 1. The molecule has 25 heavy (non-hydrogen) atoms. The molecule has 0 bridgehead atoms. The second kappa shape index (κ2) is 7.48. The van der Waals surface area contributed by atoms with Crippen LogP contribution >= 0.6 is 11.3 Å². The van der Waals surface area contributed by atoms with Crippen molar-refractivity contribution in [3.63, 3.8) is 0 Å². The molecule has 1 atom stereocenters. The van der Waals surface area contributed by atoms with Gasteiger partial charge in [-0.1, -0.05) is 18.9 Å². The van der Waals surface area contributed by atoms with Gasteiger partial charge in [0.15, 0.2) is 11.5 Å². The zero-order chi connectivity index (χ0) is 17.1. The van der Waals surface area contributed by atoms with Crippen molar-refractivity contribution in [3.05, 3.63) is 46.2 Å². The zero-order valence-corrected chi connectivity index (χ0v) is 15.0. The average Bonchev–Trinajstić information content (AvgIpc) is 3.30. The van der Waals surface area contributed by atoms with Gasteiger partial charge in [-0.15, -0.1) is 11.3 Å². The molecule has 1 amide bonds. The van der Waals surface area contributed by atoms with Crippen LogP contribution in [0.25, 0.3) is 0 Å². The summed E-state index contributed by atoms with van der Waals surface area (Å²) in [6.07, 6.45) is 5.74. The van der Waals surface area contributed by atoms with E-state index in [2.05, 4.69) is 22.8 Å². The van der Waals surface area contributed by atoms with E-state index in [-0.39, 0.29) is 11.9 Å². The van der Waals surface area contributed by atoms with E-state index in [1.54, 1.807) is 17.4 Å². The summed E-state index contributed by atoms with van der Waals surface area (Å²) in [7, 11) is 0. The lowest BCUT2D eigenvalue weighted by Gasteiger charge is -2.24. The summed E-state index contributed by atoms with van der Waals surface area (Å²) in [6, 6.07) is 9.75. The highest BCUT2D eigenvalue weighted by Crippen LogP contribution is 2.38. The fourth-order valence-electron chi connectivity index (χ4n) is 3.71. The van der Waals surface area contributed by atoms with E-state index in [4.69, 9.17) is 9.47 Å². The standard InChI is InChI=1S/C20H23NO3S/c22-20(15-8-9-16-17(13-15)24-11-4-10-23-16)21-19(14-5-1-2-6-14)18-7-3-12-25-18/h3,7-9,12-14,19H,1-2,4-6,10-11H2,(H,21,22)/t19-/m0/s1. The van der Waals surface area contributed by atoms with E-state index < -0.39 is 0 Å². The monoisotopic (exact) mass is 357 g/mol. The van der Waals surface area contributed by atoms with Crippen LogP contribution < -0.4 is 14.8 Å². The molecule has 1 fully saturated rings. The molecule has 0 spiro atoms. The number of fused-ring (bicyclic) bond motifs is 1. The van der Waals surface area contributed by atoms with Gasteiger partial charge in [0.25, 0.3) is 5.91 Å². The molecule has 0 saturated heterocycles. The predicted octanol–water partition coefficient (Wildman–Crippen LogP) is 4.57. The van der Waals surface area contributed by atoms with Crippen molar-refractivity contribution in [1.29, 1.82) is 0 Å². The predicted molar refractivity (Wildman–Crippen MR) is 98.5 cm³/mol. The first-order valence-corrected chi connectivity index (χ1v) is 9.93. The maximum absolute atomic E-state index is 12.9. The molecule has 2 aliphatic rings. The Morgan fingerprint density at radius 1 is 1.08 bits per heavy atom. The number of nitrogens with one attached hydrogen (secondary N) is 1. The largest absolute Gasteiger partial charge is 0.490 e. The number of benzene rings is 1. The van der Waals surface area contributed by atoms with Crippen LogP contribution in [0.3, 0.4) is 0 Å². The van der Waals surface area contributed by atoms with E-state index in [1.807, 2.05) is 12.1 Å². The Morgan fingerprint density at radius 2 is 1.88 bits per heavy atom. The smallest absolute Gasteiger partial charge is 0.251 e. The number of rotatable bonds is 4. The number of hydrogen-bond acceptors (Lipinski definition) is 4. The second-order valence-corrected chi connectivity index (χ2v) is 7.70. The van der Waals surface area contributed by atoms with Crippen molar-refractivity contribution < 1.29 is 14.3 Å². The molecule has 0 radical (unpaired) electrons. The Morgan fingerprint density at radius 3 is 2.64 bits per heavy atom. The third-order valence-electron chi connectivity index (χ3n) is 5.02. The number of ether oxygens (including phenoxy) is 2. The Labute approximate surface area is 152 Å². The summed E-state index contributed by atoms with van der Waals surface area (Å²) < 4.78 is 11.4. The molecule has 2 aromatic rings. The molecule has 132 valence electrons. The number of carbonyl (C=O) groups is 1. The van der Waals surface area contributed by atoms with Crippen molar-refractivity contribution in [2.24, 2.45) is 5.92 Å². The molecule has 2 heterocycles.